The molecule has 0 saturated heterocycles. The van der Waals surface area contributed by atoms with Crippen LogP contribution in [-0.4, -0.2) is 19.2 Å². The lowest BCUT2D eigenvalue weighted by molar-refractivity contribution is -0.108. The van der Waals surface area contributed by atoms with E-state index in [0.717, 1.165) is 11.6 Å². The summed E-state index contributed by atoms with van der Waals surface area (Å²) >= 11 is 1.75. The molecule has 1 aliphatic rings. The molecule has 3 nitrogen and oxygen atoms in total. The standard InChI is InChI=1S/C13H21NO2S/c1-9-5-4-6-10(7-9)12-14-11(8-17-12)13(15-2)16-3/h8-10,13H,4-7H2,1-3H3. The van der Waals surface area contributed by atoms with Gasteiger partial charge in [0, 0.05) is 25.5 Å². The van der Waals surface area contributed by atoms with E-state index in [1.807, 2.05) is 0 Å². The van der Waals surface area contributed by atoms with E-state index >= 15 is 0 Å². The minimum atomic E-state index is -0.319. The molecule has 96 valence electrons. The Morgan fingerprint density at radius 1 is 1.35 bits per heavy atom. The third-order valence-corrected chi connectivity index (χ3v) is 4.52. The maximum Gasteiger partial charge on any atom is 0.201 e. The van der Waals surface area contributed by atoms with Crippen molar-refractivity contribution in [3.05, 3.63) is 16.1 Å². The molecule has 1 aromatic heterocycles. The fourth-order valence-electron chi connectivity index (χ4n) is 2.59. The van der Waals surface area contributed by atoms with Gasteiger partial charge in [0.2, 0.25) is 6.29 Å². The number of hydrogen-bond donors (Lipinski definition) is 0. The second kappa shape index (κ2) is 5.94. The van der Waals surface area contributed by atoms with Crippen LogP contribution in [0.4, 0.5) is 0 Å². The second-order valence-corrected chi connectivity index (χ2v) is 5.77. The Kier molecular flexibility index (Phi) is 4.54. The van der Waals surface area contributed by atoms with Gasteiger partial charge >= 0.3 is 0 Å². The Labute approximate surface area is 107 Å². The molecule has 4 heteroatoms. The molecule has 1 fully saturated rings. The molecule has 1 aliphatic carbocycles. The number of hydrogen-bond acceptors (Lipinski definition) is 4. The SMILES string of the molecule is COC(OC)c1csc(C2CCCC(C)C2)n1. The molecule has 0 aliphatic heterocycles. The van der Waals surface area contributed by atoms with E-state index in [2.05, 4.69) is 17.3 Å². The highest BCUT2D eigenvalue weighted by molar-refractivity contribution is 7.09. The monoisotopic (exact) mass is 255 g/mol. The van der Waals surface area contributed by atoms with Gasteiger partial charge in [-0.15, -0.1) is 11.3 Å². The summed E-state index contributed by atoms with van der Waals surface area (Å²) in [5.41, 5.74) is 0.910. The first-order chi connectivity index (χ1) is 8.24. The van der Waals surface area contributed by atoms with Crippen LogP contribution in [0.1, 0.15) is 55.5 Å². The van der Waals surface area contributed by atoms with Crippen LogP contribution in [0.3, 0.4) is 0 Å². The van der Waals surface area contributed by atoms with Crippen molar-refractivity contribution in [1.82, 2.24) is 4.98 Å². The summed E-state index contributed by atoms with van der Waals surface area (Å²) in [6.07, 6.45) is 4.94. The van der Waals surface area contributed by atoms with Gasteiger partial charge in [-0.2, -0.15) is 0 Å². The van der Waals surface area contributed by atoms with Crippen LogP contribution in [-0.2, 0) is 9.47 Å². The summed E-state index contributed by atoms with van der Waals surface area (Å²) in [5.74, 6) is 1.48. The Balaban J connectivity index is 2.06. The summed E-state index contributed by atoms with van der Waals surface area (Å²) < 4.78 is 10.5. The van der Waals surface area contributed by atoms with Gasteiger partial charge in [-0.05, 0) is 18.8 Å². The van der Waals surface area contributed by atoms with Gasteiger partial charge in [0.1, 0.15) is 5.69 Å². The highest BCUT2D eigenvalue weighted by Crippen LogP contribution is 2.37. The van der Waals surface area contributed by atoms with Crippen molar-refractivity contribution in [2.45, 2.75) is 44.8 Å². The maximum atomic E-state index is 5.23. The molecule has 2 unspecified atom stereocenters. The third kappa shape index (κ3) is 3.06. The summed E-state index contributed by atoms with van der Waals surface area (Å²) in [6, 6.07) is 0. The van der Waals surface area contributed by atoms with E-state index in [-0.39, 0.29) is 6.29 Å². The smallest absolute Gasteiger partial charge is 0.201 e. The number of thiazole rings is 1. The van der Waals surface area contributed by atoms with Crippen LogP contribution in [0, 0.1) is 5.92 Å². The van der Waals surface area contributed by atoms with E-state index in [1.165, 1.54) is 30.7 Å². The van der Waals surface area contributed by atoms with Crippen molar-refractivity contribution in [2.24, 2.45) is 5.92 Å². The lowest BCUT2D eigenvalue weighted by Crippen LogP contribution is -2.12. The zero-order valence-electron chi connectivity index (χ0n) is 10.8. The van der Waals surface area contributed by atoms with Crippen LogP contribution in [0.2, 0.25) is 0 Å². The van der Waals surface area contributed by atoms with Crippen molar-refractivity contribution < 1.29 is 9.47 Å². The largest absolute Gasteiger partial charge is 0.350 e. The van der Waals surface area contributed by atoms with Gasteiger partial charge in [-0.1, -0.05) is 19.8 Å². The summed E-state index contributed by atoms with van der Waals surface area (Å²) in [5, 5.41) is 3.32. The summed E-state index contributed by atoms with van der Waals surface area (Å²) in [4.78, 5) is 4.68. The number of rotatable bonds is 4. The highest BCUT2D eigenvalue weighted by atomic mass is 32.1. The predicted octanol–water partition coefficient (Wildman–Crippen LogP) is 3.73. The average Bonchev–Trinajstić information content (AvgIpc) is 2.80. The van der Waals surface area contributed by atoms with Crippen molar-refractivity contribution >= 4 is 11.3 Å². The molecule has 0 bridgehead atoms. The second-order valence-electron chi connectivity index (χ2n) is 4.88. The predicted molar refractivity (Wildman–Crippen MR) is 69.2 cm³/mol. The Morgan fingerprint density at radius 3 is 2.76 bits per heavy atom. The molecular formula is C13H21NO2S. The van der Waals surface area contributed by atoms with E-state index < -0.39 is 0 Å². The van der Waals surface area contributed by atoms with Gasteiger partial charge in [0.05, 0.1) is 5.01 Å². The van der Waals surface area contributed by atoms with E-state index in [4.69, 9.17) is 9.47 Å². The minimum Gasteiger partial charge on any atom is -0.350 e. The van der Waals surface area contributed by atoms with Crippen molar-refractivity contribution in [3.8, 4) is 0 Å². The molecule has 1 saturated carbocycles. The average molecular weight is 255 g/mol. The van der Waals surface area contributed by atoms with E-state index in [0.29, 0.717) is 5.92 Å². The van der Waals surface area contributed by atoms with Crippen molar-refractivity contribution in [3.63, 3.8) is 0 Å². The zero-order chi connectivity index (χ0) is 12.3. The van der Waals surface area contributed by atoms with E-state index in [1.54, 1.807) is 25.6 Å². The molecule has 0 N–H and O–H groups in total. The molecule has 2 rings (SSSR count). The number of methoxy groups -OCH3 is 2. The number of aromatic nitrogens is 1. The van der Waals surface area contributed by atoms with Gasteiger partial charge in [-0.25, -0.2) is 4.98 Å². The maximum absolute atomic E-state index is 5.23. The first-order valence-corrected chi connectivity index (χ1v) is 7.13. The van der Waals surface area contributed by atoms with Crippen LogP contribution < -0.4 is 0 Å². The Morgan fingerprint density at radius 2 is 2.12 bits per heavy atom. The number of ether oxygens (including phenoxy) is 2. The Hall–Kier alpha value is -0.450. The van der Waals surface area contributed by atoms with Gasteiger partial charge < -0.3 is 9.47 Å². The normalized spacial score (nSPS) is 25.4. The van der Waals surface area contributed by atoms with Crippen molar-refractivity contribution in [1.29, 1.82) is 0 Å². The summed E-state index contributed by atoms with van der Waals surface area (Å²) in [7, 11) is 3.30. The van der Waals surface area contributed by atoms with Crippen molar-refractivity contribution in [2.75, 3.05) is 14.2 Å². The van der Waals surface area contributed by atoms with Gasteiger partial charge in [0.15, 0.2) is 0 Å². The molecular weight excluding hydrogens is 234 g/mol. The minimum absolute atomic E-state index is 0.319. The molecule has 0 radical (unpaired) electrons. The van der Waals surface area contributed by atoms with Crippen LogP contribution in [0.25, 0.3) is 0 Å². The van der Waals surface area contributed by atoms with Crippen LogP contribution in [0.15, 0.2) is 5.38 Å². The topological polar surface area (TPSA) is 31.4 Å². The number of nitrogens with zero attached hydrogens (tertiary/aromatic N) is 1. The summed E-state index contributed by atoms with van der Waals surface area (Å²) in [6.45, 7) is 2.34. The molecule has 0 aromatic carbocycles. The lowest BCUT2D eigenvalue weighted by Gasteiger charge is -2.24. The molecule has 1 heterocycles. The quantitative estimate of drug-likeness (QED) is 0.768. The Bertz CT molecular complexity index is 349. The van der Waals surface area contributed by atoms with Crippen LogP contribution >= 0.6 is 11.3 Å². The third-order valence-electron chi connectivity index (χ3n) is 3.49. The first kappa shape index (κ1) is 13.0. The fourth-order valence-corrected chi connectivity index (χ4v) is 3.56. The van der Waals surface area contributed by atoms with Gasteiger partial charge in [-0.3, -0.25) is 0 Å². The molecule has 1 aromatic rings. The lowest BCUT2D eigenvalue weighted by atomic mass is 9.83. The van der Waals surface area contributed by atoms with Crippen LogP contribution in [0.5, 0.6) is 0 Å². The highest BCUT2D eigenvalue weighted by Gasteiger charge is 2.24. The molecule has 17 heavy (non-hydrogen) atoms. The van der Waals surface area contributed by atoms with Gasteiger partial charge in [0.25, 0.3) is 0 Å². The molecule has 0 spiro atoms. The first-order valence-electron chi connectivity index (χ1n) is 6.25. The zero-order valence-corrected chi connectivity index (χ0v) is 11.6. The fraction of sp³-hybridized carbons (Fsp3) is 0.769. The molecule has 2 atom stereocenters. The van der Waals surface area contributed by atoms with E-state index in [9.17, 15) is 0 Å². The molecule has 0 amide bonds.